The molecule has 0 radical (unpaired) electrons. The van der Waals surface area contributed by atoms with Gasteiger partial charge in [-0.05, 0) is 55.3 Å². The number of anilines is 1. The third-order valence-corrected chi connectivity index (χ3v) is 6.98. The van der Waals surface area contributed by atoms with E-state index in [1.165, 1.54) is 30.4 Å². The van der Waals surface area contributed by atoms with E-state index < -0.39 is 0 Å². The van der Waals surface area contributed by atoms with Crippen molar-refractivity contribution in [2.45, 2.75) is 43.2 Å². The second kappa shape index (κ2) is 9.94. The number of thiazole rings is 1. The standard InChI is InChI=1S/C24H22FN5O2S2/c1-15(31)26-18-3-2-4-20(11-18)30-23(16-5-6-16)28-29-24(30)34-14-19-13-33-22(27-19)12-32-21-9-7-17(25)8-10-21/h2-4,7-11,13,16H,5-6,12,14H2,1H3,(H,26,31). The second-order valence-electron chi connectivity index (χ2n) is 7.95. The van der Waals surface area contributed by atoms with E-state index >= 15 is 0 Å². The quantitative estimate of drug-likeness (QED) is 0.306. The molecule has 1 N–H and O–H groups in total. The maximum absolute atomic E-state index is 13.0. The fourth-order valence-corrected chi connectivity index (χ4v) is 5.11. The van der Waals surface area contributed by atoms with Crippen LogP contribution in [0.15, 0.2) is 59.1 Å². The normalized spacial score (nSPS) is 13.1. The van der Waals surface area contributed by atoms with Gasteiger partial charge in [-0.2, -0.15) is 0 Å². The first-order chi connectivity index (χ1) is 16.5. The zero-order chi connectivity index (χ0) is 23.5. The molecular weight excluding hydrogens is 473 g/mol. The van der Waals surface area contributed by atoms with Gasteiger partial charge in [0.25, 0.3) is 0 Å². The fraction of sp³-hybridized carbons (Fsp3) is 0.250. The third-order valence-electron chi connectivity index (χ3n) is 5.15. The van der Waals surface area contributed by atoms with Crippen molar-refractivity contribution in [1.82, 2.24) is 19.7 Å². The van der Waals surface area contributed by atoms with Crippen molar-refractivity contribution in [1.29, 1.82) is 0 Å². The van der Waals surface area contributed by atoms with Gasteiger partial charge in [0.15, 0.2) is 5.16 Å². The summed E-state index contributed by atoms with van der Waals surface area (Å²) in [5.41, 5.74) is 2.59. The summed E-state index contributed by atoms with van der Waals surface area (Å²) in [6.07, 6.45) is 2.22. The average molecular weight is 496 g/mol. The van der Waals surface area contributed by atoms with E-state index in [1.807, 2.05) is 29.6 Å². The Hall–Kier alpha value is -3.24. The second-order valence-corrected chi connectivity index (χ2v) is 9.83. The van der Waals surface area contributed by atoms with Gasteiger partial charge in [0.1, 0.15) is 29.0 Å². The lowest BCUT2D eigenvalue weighted by molar-refractivity contribution is -0.114. The molecule has 0 aliphatic heterocycles. The van der Waals surface area contributed by atoms with Crippen LogP contribution in [0.3, 0.4) is 0 Å². The van der Waals surface area contributed by atoms with Crippen molar-refractivity contribution < 1.29 is 13.9 Å². The Bertz CT molecular complexity index is 1300. The molecule has 4 aromatic rings. The Morgan fingerprint density at radius 1 is 1.24 bits per heavy atom. The number of aromatic nitrogens is 4. The zero-order valence-electron chi connectivity index (χ0n) is 18.4. The number of halogens is 1. The molecule has 5 rings (SSSR count). The van der Waals surface area contributed by atoms with Crippen molar-refractivity contribution >= 4 is 34.7 Å². The van der Waals surface area contributed by atoms with Crippen molar-refractivity contribution in [2.75, 3.05) is 5.32 Å². The Morgan fingerprint density at radius 3 is 2.82 bits per heavy atom. The van der Waals surface area contributed by atoms with Gasteiger partial charge in [-0.15, -0.1) is 21.5 Å². The number of carbonyl (C=O) groups is 1. The lowest BCUT2D eigenvalue weighted by atomic mass is 10.2. The minimum absolute atomic E-state index is 0.110. The number of thioether (sulfide) groups is 1. The van der Waals surface area contributed by atoms with E-state index in [0.717, 1.165) is 45.9 Å². The molecular formula is C24H22FN5O2S2. The highest BCUT2D eigenvalue weighted by atomic mass is 32.2. The molecule has 0 atom stereocenters. The van der Waals surface area contributed by atoms with E-state index in [-0.39, 0.29) is 11.7 Å². The Labute approximate surface area is 204 Å². The van der Waals surface area contributed by atoms with Gasteiger partial charge >= 0.3 is 0 Å². The van der Waals surface area contributed by atoms with Gasteiger partial charge in [-0.1, -0.05) is 17.8 Å². The third kappa shape index (κ3) is 5.45. The highest BCUT2D eigenvalue weighted by molar-refractivity contribution is 7.98. The number of amides is 1. The Kier molecular flexibility index (Phi) is 6.59. The summed E-state index contributed by atoms with van der Waals surface area (Å²) in [5, 5.41) is 15.4. The minimum atomic E-state index is -0.291. The first kappa shape index (κ1) is 22.5. The number of carbonyl (C=O) groups excluding carboxylic acids is 1. The molecule has 1 saturated carbocycles. The lowest BCUT2D eigenvalue weighted by Gasteiger charge is -2.11. The van der Waals surface area contributed by atoms with E-state index in [4.69, 9.17) is 4.74 Å². The van der Waals surface area contributed by atoms with E-state index in [1.54, 1.807) is 23.9 Å². The summed E-state index contributed by atoms with van der Waals surface area (Å²) in [6.45, 7) is 1.83. The summed E-state index contributed by atoms with van der Waals surface area (Å²) < 4.78 is 20.8. The topological polar surface area (TPSA) is 81.9 Å². The molecule has 0 saturated heterocycles. The van der Waals surface area contributed by atoms with Crippen LogP contribution in [0.4, 0.5) is 10.1 Å². The molecule has 0 spiro atoms. The number of rotatable bonds is 9. The van der Waals surface area contributed by atoms with E-state index in [0.29, 0.717) is 24.0 Å². The van der Waals surface area contributed by atoms with Gasteiger partial charge < -0.3 is 10.1 Å². The van der Waals surface area contributed by atoms with Crippen molar-refractivity contribution in [3.63, 3.8) is 0 Å². The smallest absolute Gasteiger partial charge is 0.221 e. The molecule has 2 aromatic carbocycles. The van der Waals surface area contributed by atoms with Gasteiger partial charge in [0.2, 0.25) is 5.91 Å². The summed E-state index contributed by atoms with van der Waals surface area (Å²) >= 11 is 3.10. The number of hydrogen-bond donors (Lipinski definition) is 1. The van der Waals surface area contributed by atoms with Crippen LogP contribution >= 0.6 is 23.1 Å². The maximum Gasteiger partial charge on any atom is 0.221 e. The molecule has 7 nitrogen and oxygen atoms in total. The largest absolute Gasteiger partial charge is 0.486 e. The molecule has 34 heavy (non-hydrogen) atoms. The predicted octanol–water partition coefficient (Wildman–Crippen LogP) is 5.57. The first-order valence-electron chi connectivity index (χ1n) is 10.8. The highest BCUT2D eigenvalue weighted by Gasteiger charge is 2.31. The van der Waals surface area contributed by atoms with Crippen molar-refractivity contribution in [3.05, 3.63) is 76.3 Å². The van der Waals surface area contributed by atoms with Crippen LogP contribution in [-0.4, -0.2) is 25.7 Å². The Balaban J connectivity index is 1.28. The monoisotopic (exact) mass is 495 g/mol. The summed E-state index contributed by atoms with van der Waals surface area (Å²) in [6, 6.07) is 13.7. The lowest BCUT2D eigenvalue weighted by Crippen LogP contribution is -2.07. The minimum Gasteiger partial charge on any atom is -0.486 e. The molecule has 2 heterocycles. The van der Waals surface area contributed by atoms with Crippen LogP contribution in [0, 0.1) is 5.82 Å². The zero-order valence-corrected chi connectivity index (χ0v) is 20.0. The number of nitrogens with zero attached hydrogens (tertiary/aromatic N) is 4. The summed E-state index contributed by atoms with van der Waals surface area (Å²) in [7, 11) is 0. The fourth-order valence-electron chi connectivity index (χ4n) is 3.45. The van der Waals surface area contributed by atoms with Crippen LogP contribution in [0.25, 0.3) is 5.69 Å². The molecule has 1 aliphatic carbocycles. The molecule has 1 fully saturated rings. The predicted molar refractivity (Wildman–Crippen MR) is 130 cm³/mol. The SMILES string of the molecule is CC(=O)Nc1cccc(-n2c(SCc3csc(COc4ccc(F)cc4)n3)nnc2C2CC2)c1. The number of nitrogens with one attached hydrogen (secondary N) is 1. The van der Waals surface area contributed by atoms with Gasteiger partial charge in [-0.3, -0.25) is 9.36 Å². The van der Waals surface area contributed by atoms with Crippen LogP contribution in [0.2, 0.25) is 0 Å². The first-order valence-corrected chi connectivity index (χ1v) is 12.7. The summed E-state index contributed by atoms with van der Waals surface area (Å²) in [5.74, 6) is 2.21. The number of hydrogen-bond acceptors (Lipinski definition) is 7. The van der Waals surface area contributed by atoms with Gasteiger partial charge in [0.05, 0.1) is 11.4 Å². The molecule has 2 aromatic heterocycles. The number of ether oxygens (including phenoxy) is 1. The van der Waals surface area contributed by atoms with Crippen molar-refractivity contribution in [3.8, 4) is 11.4 Å². The van der Waals surface area contributed by atoms with Crippen LogP contribution in [0.1, 0.15) is 42.2 Å². The van der Waals surface area contributed by atoms with Crippen LogP contribution in [0.5, 0.6) is 5.75 Å². The van der Waals surface area contributed by atoms with Crippen molar-refractivity contribution in [2.24, 2.45) is 0 Å². The molecule has 0 bridgehead atoms. The average Bonchev–Trinajstić information content (AvgIpc) is 3.41. The van der Waals surface area contributed by atoms with E-state index in [9.17, 15) is 9.18 Å². The molecule has 0 unspecified atom stereocenters. The number of benzene rings is 2. The van der Waals surface area contributed by atoms with Gasteiger partial charge in [0, 0.05) is 29.7 Å². The maximum atomic E-state index is 13.0. The van der Waals surface area contributed by atoms with Crippen LogP contribution in [-0.2, 0) is 17.2 Å². The van der Waals surface area contributed by atoms with Gasteiger partial charge in [-0.25, -0.2) is 9.37 Å². The molecule has 1 amide bonds. The molecule has 1 aliphatic rings. The molecule has 10 heteroatoms. The highest BCUT2D eigenvalue weighted by Crippen LogP contribution is 2.41. The molecule has 174 valence electrons. The Morgan fingerprint density at radius 2 is 2.06 bits per heavy atom. The summed E-state index contributed by atoms with van der Waals surface area (Å²) in [4.78, 5) is 16.1. The van der Waals surface area contributed by atoms with Crippen LogP contribution < -0.4 is 10.1 Å². The van der Waals surface area contributed by atoms with E-state index in [2.05, 4.69) is 25.1 Å².